The zero-order valence-corrected chi connectivity index (χ0v) is 13.1. The van der Waals surface area contributed by atoms with Crippen LogP contribution in [0.5, 0.6) is 5.75 Å². The summed E-state index contributed by atoms with van der Waals surface area (Å²) in [6.45, 7) is 5.91. The molecule has 0 aromatic heterocycles. The SMILES string of the molecule is C=C(C)c1ccc(N=Cc2ccc(OC)c(Br)c2)cc1. The van der Waals surface area contributed by atoms with Crippen LogP contribution < -0.4 is 4.74 Å². The Balaban J connectivity index is 2.16. The van der Waals surface area contributed by atoms with Crippen molar-refractivity contribution in [3.63, 3.8) is 0 Å². The highest BCUT2D eigenvalue weighted by Crippen LogP contribution is 2.25. The van der Waals surface area contributed by atoms with Crippen molar-refractivity contribution in [1.29, 1.82) is 0 Å². The Bertz CT molecular complexity index is 645. The molecule has 0 fully saturated rings. The second kappa shape index (κ2) is 6.53. The van der Waals surface area contributed by atoms with Gasteiger partial charge in [-0.05, 0) is 64.3 Å². The lowest BCUT2D eigenvalue weighted by Crippen LogP contribution is -1.86. The highest BCUT2D eigenvalue weighted by molar-refractivity contribution is 9.10. The smallest absolute Gasteiger partial charge is 0.133 e. The first-order valence-corrected chi connectivity index (χ1v) is 7.03. The molecular formula is C17H16BrNO. The van der Waals surface area contributed by atoms with Crippen LogP contribution in [0.1, 0.15) is 18.1 Å². The minimum atomic E-state index is 0.813. The van der Waals surface area contributed by atoms with Gasteiger partial charge in [-0.2, -0.15) is 0 Å². The molecule has 20 heavy (non-hydrogen) atoms. The molecule has 0 spiro atoms. The first-order chi connectivity index (χ1) is 9.60. The predicted molar refractivity (Wildman–Crippen MR) is 89.1 cm³/mol. The lowest BCUT2D eigenvalue weighted by atomic mass is 10.1. The van der Waals surface area contributed by atoms with Crippen LogP contribution in [0.15, 0.2) is 58.5 Å². The quantitative estimate of drug-likeness (QED) is 0.703. The number of hydrogen-bond donors (Lipinski definition) is 0. The summed E-state index contributed by atoms with van der Waals surface area (Å²) in [6.07, 6.45) is 1.83. The first-order valence-electron chi connectivity index (χ1n) is 6.23. The van der Waals surface area contributed by atoms with Gasteiger partial charge in [0.2, 0.25) is 0 Å². The summed E-state index contributed by atoms with van der Waals surface area (Å²) < 4.78 is 6.12. The van der Waals surface area contributed by atoms with Crippen LogP contribution >= 0.6 is 15.9 Å². The van der Waals surface area contributed by atoms with Crippen molar-refractivity contribution >= 4 is 33.4 Å². The number of ether oxygens (including phenoxy) is 1. The first kappa shape index (κ1) is 14.5. The minimum Gasteiger partial charge on any atom is -0.496 e. The highest BCUT2D eigenvalue weighted by Gasteiger charge is 1.99. The summed E-state index contributed by atoms with van der Waals surface area (Å²) in [7, 11) is 1.65. The van der Waals surface area contributed by atoms with Crippen molar-refractivity contribution < 1.29 is 4.74 Å². The van der Waals surface area contributed by atoms with Crippen LogP contribution in [-0.4, -0.2) is 13.3 Å². The van der Waals surface area contributed by atoms with E-state index in [0.29, 0.717) is 0 Å². The largest absolute Gasteiger partial charge is 0.496 e. The van der Waals surface area contributed by atoms with Gasteiger partial charge in [-0.1, -0.05) is 24.3 Å². The van der Waals surface area contributed by atoms with Crippen LogP contribution in [0.4, 0.5) is 5.69 Å². The third-order valence-corrected chi connectivity index (χ3v) is 3.52. The Hall–Kier alpha value is -1.87. The molecule has 2 aromatic rings. The van der Waals surface area contributed by atoms with E-state index in [1.807, 2.05) is 55.6 Å². The van der Waals surface area contributed by atoms with Gasteiger partial charge in [0.05, 0.1) is 17.3 Å². The average molecular weight is 330 g/mol. The number of rotatable bonds is 4. The van der Waals surface area contributed by atoms with E-state index in [2.05, 4.69) is 27.5 Å². The second-order valence-corrected chi connectivity index (χ2v) is 5.33. The van der Waals surface area contributed by atoms with Crippen molar-refractivity contribution in [2.75, 3.05) is 7.11 Å². The molecule has 0 heterocycles. The maximum Gasteiger partial charge on any atom is 0.133 e. The van der Waals surface area contributed by atoms with Crippen LogP contribution in [0.3, 0.4) is 0 Å². The molecule has 102 valence electrons. The van der Waals surface area contributed by atoms with Crippen LogP contribution in [-0.2, 0) is 0 Å². The van der Waals surface area contributed by atoms with Gasteiger partial charge in [0, 0.05) is 6.21 Å². The topological polar surface area (TPSA) is 21.6 Å². The Kier molecular flexibility index (Phi) is 4.74. The fraction of sp³-hybridized carbons (Fsp3) is 0.118. The molecule has 2 aromatic carbocycles. The van der Waals surface area contributed by atoms with Gasteiger partial charge in [0.25, 0.3) is 0 Å². The van der Waals surface area contributed by atoms with Gasteiger partial charge >= 0.3 is 0 Å². The predicted octanol–water partition coefficient (Wildman–Crippen LogP) is 5.24. The number of aliphatic imine (C=N–C) groups is 1. The summed E-state index contributed by atoms with van der Waals surface area (Å²) in [5, 5.41) is 0. The van der Waals surface area contributed by atoms with E-state index in [1.165, 1.54) is 0 Å². The third-order valence-electron chi connectivity index (χ3n) is 2.90. The standard InChI is InChI=1S/C17H16BrNO/c1-12(2)14-5-7-15(8-6-14)19-11-13-4-9-17(20-3)16(18)10-13/h4-11H,1H2,2-3H3. The summed E-state index contributed by atoms with van der Waals surface area (Å²) in [5.41, 5.74) is 4.12. The number of hydrogen-bond acceptors (Lipinski definition) is 2. The number of allylic oxidation sites excluding steroid dienone is 1. The molecule has 0 amide bonds. The summed E-state index contributed by atoms with van der Waals surface area (Å²) >= 11 is 3.46. The molecule has 0 N–H and O–H groups in total. The monoisotopic (exact) mass is 329 g/mol. The fourth-order valence-corrected chi connectivity index (χ4v) is 2.30. The molecule has 0 saturated heterocycles. The van der Waals surface area contributed by atoms with Gasteiger partial charge in [-0.15, -0.1) is 0 Å². The van der Waals surface area contributed by atoms with E-state index >= 15 is 0 Å². The molecule has 0 saturated carbocycles. The van der Waals surface area contributed by atoms with Crippen molar-refractivity contribution in [1.82, 2.24) is 0 Å². The Morgan fingerprint density at radius 2 is 1.90 bits per heavy atom. The second-order valence-electron chi connectivity index (χ2n) is 4.48. The molecule has 0 unspecified atom stereocenters. The average Bonchev–Trinajstić information content (AvgIpc) is 2.45. The van der Waals surface area contributed by atoms with Crippen molar-refractivity contribution in [3.8, 4) is 5.75 Å². The van der Waals surface area contributed by atoms with E-state index in [4.69, 9.17) is 4.74 Å². The van der Waals surface area contributed by atoms with Crippen LogP contribution in [0.25, 0.3) is 5.57 Å². The Morgan fingerprint density at radius 1 is 1.20 bits per heavy atom. The molecule has 0 atom stereocenters. The van der Waals surface area contributed by atoms with E-state index in [1.54, 1.807) is 7.11 Å². The number of benzene rings is 2. The van der Waals surface area contributed by atoms with Gasteiger partial charge in [0.1, 0.15) is 5.75 Å². The van der Waals surface area contributed by atoms with Gasteiger partial charge in [0.15, 0.2) is 0 Å². The zero-order chi connectivity index (χ0) is 14.5. The van der Waals surface area contributed by atoms with Crippen molar-refractivity contribution in [2.45, 2.75) is 6.92 Å². The maximum absolute atomic E-state index is 5.20. The molecule has 0 aliphatic heterocycles. The molecular weight excluding hydrogens is 314 g/mol. The molecule has 2 nitrogen and oxygen atoms in total. The summed E-state index contributed by atoms with van der Waals surface area (Å²) in [4.78, 5) is 4.46. The van der Waals surface area contributed by atoms with Crippen LogP contribution in [0, 0.1) is 0 Å². The lowest BCUT2D eigenvalue weighted by molar-refractivity contribution is 0.412. The third kappa shape index (κ3) is 3.58. The van der Waals surface area contributed by atoms with E-state index in [-0.39, 0.29) is 0 Å². The molecule has 2 rings (SSSR count). The van der Waals surface area contributed by atoms with Gasteiger partial charge in [-0.25, -0.2) is 0 Å². The fourth-order valence-electron chi connectivity index (χ4n) is 1.74. The van der Waals surface area contributed by atoms with Gasteiger partial charge in [-0.3, -0.25) is 4.99 Å². The zero-order valence-electron chi connectivity index (χ0n) is 11.6. The number of halogens is 1. The molecule has 3 heteroatoms. The Labute approximate surface area is 128 Å². The molecule has 0 radical (unpaired) electrons. The minimum absolute atomic E-state index is 0.813. The molecule has 0 aliphatic rings. The lowest BCUT2D eigenvalue weighted by Gasteiger charge is -2.03. The molecule has 0 bridgehead atoms. The summed E-state index contributed by atoms with van der Waals surface area (Å²) in [6, 6.07) is 13.9. The maximum atomic E-state index is 5.20. The number of methoxy groups -OCH3 is 1. The van der Waals surface area contributed by atoms with Crippen molar-refractivity contribution in [3.05, 3.63) is 64.6 Å². The highest BCUT2D eigenvalue weighted by atomic mass is 79.9. The van der Waals surface area contributed by atoms with E-state index < -0.39 is 0 Å². The Morgan fingerprint density at radius 3 is 2.45 bits per heavy atom. The van der Waals surface area contributed by atoms with E-state index in [0.717, 1.165) is 32.6 Å². The van der Waals surface area contributed by atoms with Crippen LogP contribution in [0.2, 0.25) is 0 Å². The summed E-state index contributed by atoms with van der Waals surface area (Å²) in [5.74, 6) is 0.813. The normalized spacial score (nSPS) is 10.8. The van der Waals surface area contributed by atoms with Crippen molar-refractivity contribution in [2.24, 2.45) is 4.99 Å². The molecule has 0 aliphatic carbocycles. The number of nitrogens with zero attached hydrogens (tertiary/aromatic N) is 1. The van der Waals surface area contributed by atoms with E-state index in [9.17, 15) is 0 Å². The van der Waals surface area contributed by atoms with Gasteiger partial charge < -0.3 is 4.74 Å².